The number of benzene rings is 1. The van der Waals surface area contributed by atoms with Gasteiger partial charge in [0.2, 0.25) is 5.95 Å². The molecule has 1 atom stereocenters. The summed E-state index contributed by atoms with van der Waals surface area (Å²) in [5.74, 6) is -4.29. The molecular formula is C20H18F5N5O2. The van der Waals surface area contributed by atoms with Crippen LogP contribution in [0.5, 0.6) is 5.75 Å². The SMILES string of the molecule is CC1=C(C)OC[C@H](Nc2ncc3c(-c4cc(C(F)(F)F)c(F)c(O)c4F)nn(C)c3n2)C1. The first-order valence-corrected chi connectivity index (χ1v) is 9.51. The first-order valence-electron chi connectivity index (χ1n) is 9.51. The Hall–Kier alpha value is -3.44. The Morgan fingerprint density at radius 2 is 1.94 bits per heavy atom. The van der Waals surface area contributed by atoms with E-state index in [2.05, 4.69) is 20.4 Å². The van der Waals surface area contributed by atoms with Crippen molar-refractivity contribution >= 4 is 17.0 Å². The van der Waals surface area contributed by atoms with Crippen molar-refractivity contribution in [3.05, 3.63) is 40.8 Å². The van der Waals surface area contributed by atoms with Gasteiger partial charge in [-0.1, -0.05) is 0 Å². The van der Waals surface area contributed by atoms with Crippen LogP contribution in [-0.4, -0.2) is 37.5 Å². The van der Waals surface area contributed by atoms with Gasteiger partial charge in [0.25, 0.3) is 0 Å². The second-order valence-corrected chi connectivity index (χ2v) is 7.54. The van der Waals surface area contributed by atoms with Gasteiger partial charge in [0.15, 0.2) is 23.0 Å². The molecule has 0 unspecified atom stereocenters. The molecule has 32 heavy (non-hydrogen) atoms. The van der Waals surface area contributed by atoms with Crippen LogP contribution in [0.15, 0.2) is 23.6 Å². The number of anilines is 1. The molecule has 0 radical (unpaired) electrons. The topological polar surface area (TPSA) is 85.1 Å². The van der Waals surface area contributed by atoms with Gasteiger partial charge < -0.3 is 15.2 Å². The molecule has 2 N–H and O–H groups in total. The lowest BCUT2D eigenvalue weighted by atomic mass is 10.0. The molecular weight excluding hydrogens is 437 g/mol. The molecule has 12 heteroatoms. The van der Waals surface area contributed by atoms with Gasteiger partial charge in [0.1, 0.15) is 12.3 Å². The van der Waals surface area contributed by atoms with Gasteiger partial charge in [-0.15, -0.1) is 0 Å². The van der Waals surface area contributed by atoms with Crippen LogP contribution < -0.4 is 5.32 Å². The summed E-state index contributed by atoms with van der Waals surface area (Å²) in [7, 11) is 1.47. The van der Waals surface area contributed by atoms with Crippen LogP contribution in [0.1, 0.15) is 25.8 Å². The summed E-state index contributed by atoms with van der Waals surface area (Å²) in [5.41, 5.74) is -1.51. The molecule has 0 amide bonds. The van der Waals surface area contributed by atoms with Gasteiger partial charge in [-0.05, 0) is 31.9 Å². The Balaban J connectivity index is 1.76. The minimum absolute atomic E-state index is 0.0929. The molecule has 0 spiro atoms. The number of phenolic OH excluding ortho intramolecular Hbond substituents is 1. The van der Waals surface area contributed by atoms with E-state index in [0.29, 0.717) is 13.0 Å². The molecule has 0 aliphatic carbocycles. The number of hydrogen-bond acceptors (Lipinski definition) is 6. The van der Waals surface area contributed by atoms with Crippen LogP contribution >= 0.6 is 0 Å². The lowest BCUT2D eigenvalue weighted by Gasteiger charge is -2.25. The van der Waals surface area contributed by atoms with Gasteiger partial charge in [0.05, 0.1) is 22.8 Å². The van der Waals surface area contributed by atoms with Crippen LogP contribution in [-0.2, 0) is 18.0 Å². The highest BCUT2D eigenvalue weighted by molar-refractivity contribution is 5.91. The summed E-state index contributed by atoms with van der Waals surface area (Å²) in [6, 6.07) is 0.180. The number of aromatic hydroxyl groups is 1. The van der Waals surface area contributed by atoms with Crippen molar-refractivity contribution in [2.24, 2.45) is 7.05 Å². The van der Waals surface area contributed by atoms with Gasteiger partial charge in [-0.25, -0.2) is 18.4 Å². The molecule has 0 saturated heterocycles. The van der Waals surface area contributed by atoms with E-state index in [4.69, 9.17) is 4.74 Å². The summed E-state index contributed by atoms with van der Waals surface area (Å²) < 4.78 is 74.6. The number of allylic oxidation sites excluding steroid dienone is 1. The van der Waals surface area contributed by atoms with Crippen LogP contribution in [0.25, 0.3) is 22.3 Å². The molecule has 170 valence electrons. The van der Waals surface area contributed by atoms with Gasteiger partial charge in [-0.3, -0.25) is 0 Å². The summed E-state index contributed by atoms with van der Waals surface area (Å²) in [6.07, 6.45) is -3.16. The highest BCUT2D eigenvalue weighted by Gasteiger charge is 2.38. The standard InChI is InChI=1S/C20H18F5N5O2/c1-8-4-10(7-32-9(8)2)27-19-26-6-12-16(29-30(3)18(12)28-19)11-5-13(20(23,24)25)15(22)17(31)14(11)21/h5-6,10,31H,4,7H2,1-3H3,(H,26,27,28)/t10-/m1/s1. The average molecular weight is 455 g/mol. The van der Waals surface area contributed by atoms with Crippen molar-refractivity contribution in [1.29, 1.82) is 0 Å². The molecule has 1 aliphatic rings. The third-order valence-corrected chi connectivity index (χ3v) is 5.31. The third-order valence-electron chi connectivity index (χ3n) is 5.31. The van der Waals surface area contributed by atoms with Crippen molar-refractivity contribution in [3.63, 3.8) is 0 Å². The third kappa shape index (κ3) is 3.69. The fraction of sp³-hybridized carbons (Fsp3) is 0.350. The van der Waals surface area contributed by atoms with Gasteiger partial charge >= 0.3 is 6.18 Å². The van der Waals surface area contributed by atoms with Crippen molar-refractivity contribution in [1.82, 2.24) is 19.7 Å². The van der Waals surface area contributed by atoms with E-state index in [9.17, 15) is 27.1 Å². The molecule has 0 bridgehead atoms. The Bertz CT molecular complexity index is 1250. The monoisotopic (exact) mass is 455 g/mol. The first kappa shape index (κ1) is 21.8. The highest BCUT2D eigenvalue weighted by Crippen LogP contribution is 2.41. The summed E-state index contributed by atoms with van der Waals surface area (Å²) >= 11 is 0. The number of halogens is 5. The van der Waals surface area contributed by atoms with Gasteiger partial charge in [0, 0.05) is 18.8 Å². The largest absolute Gasteiger partial charge is 0.503 e. The number of aromatic nitrogens is 4. The number of aryl methyl sites for hydroxylation is 1. The van der Waals surface area contributed by atoms with E-state index in [1.54, 1.807) is 0 Å². The molecule has 1 aliphatic heterocycles. The van der Waals surface area contributed by atoms with Crippen molar-refractivity contribution in [2.75, 3.05) is 11.9 Å². The molecule has 7 nitrogen and oxygen atoms in total. The normalized spacial score (nSPS) is 17.1. The fourth-order valence-electron chi connectivity index (χ4n) is 3.50. The Morgan fingerprint density at radius 3 is 2.59 bits per heavy atom. The number of ether oxygens (including phenoxy) is 1. The average Bonchev–Trinajstić information content (AvgIpc) is 3.04. The summed E-state index contributed by atoms with van der Waals surface area (Å²) in [5, 5.41) is 16.9. The lowest BCUT2D eigenvalue weighted by molar-refractivity contribution is -0.140. The first-order chi connectivity index (χ1) is 15.0. The smallest absolute Gasteiger partial charge is 0.419 e. The minimum atomic E-state index is -5.14. The molecule has 2 aromatic heterocycles. The molecule has 3 heterocycles. The Morgan fingerprint density at radius 1 is 1.22 bits per heavy atom. The number of nitrogens with one attached hydrogen (secondary N) is 1. The number of fused-ring (bicyclic) bond motifs is 1. The van der Waals surface area contributed by atoms with Crippen molar-refractivity contribution in [3.8, 4) is 17.0 Å². The molecule has 0 saturated carbocycles. The lowest BCUT2D eigenvalue weighted by Crippen LogP contribution is -2.30. The Labute approximate surface area is 178 Å². The van der Waals surface area contributed by atoms with Crippen molar-refractivity contribution < 1.29 is 31.8 Å². The Kier molecular flexibility index (Phi) is 5.18. The second-order valence-electron chi connectivity index (χ2n) is 7.54. The van der Waals surface area contributed by atoms with E-state index in [1.807, 2.05) is 13.8 Å². The maximum atomic E-state index is 14.5. The maximum Gasteiger partial charge on any atom is 0.419 e. The summed E-state index contributed by atoms with van der Waals surface area (Å²) in [4.78, 5) is 8.48. The molecule has 3 aromatic rings. The quantitative estimate of drug-likeness (QED) is 0.565. The van der Waals surface area contributed by atoms with Crippen molar-refractivity contribution in [2.45, 2.75) is 32.5 Å². The zero-order valence-electron chi connectivity index (χ0n) is 17.2. The number of alkyl halides is 3. The van der Waals surface area contributed by atoms with E-state index in [0.717, 1.165) is 11.3 Å². The van der Waals surface area contributed by atoms with Gasteiger partial charge in [-0.2, -0.15) is 23.3 Å². The number of nitrogens with zero attached hydrogens (tertiary/aromatic N) is 4. The maximum absolute atomic E-state index is 14.5. The molecule has 1 aromatic carbocycles. The number of rotatable bonds is 3. The van der Waals surface area contributed by atoms with E-state index in [1.165, 1.54) is 17.9 Å². The van der Waals surface area contributed by atoms with Crippen LogP contribution in [0, 0.1) is 11.6 Å². The van der Waals surface area contributed by atoms with E-state index < -0.39 is 34.7 Å². The number of hydrogen-bond donors (Lipinski definition) is 2. The van der Waals surface area contributed by atoms with Crippen LogP contribution in [0.3, 0.4) is 0 Å². The van der Waals surface area contributed by atoms with E-state index >= 15 is 0 Å². The van der Waals surface area contributed by atoms with Crippen LogP contribution in [0.4, 0.5) is 27.9 Å². The minimum Gasteiger partial charge on any atom is -0.503 e. The molecule has 4 rings (SSSR count). The zero-order chi connectivity index (χ0) is 23.4. The molecule has 0 fully saturated rings. The van der Waals surface area contributed by atoms with Crippen LogP contribution in [0.2, 0.25) is 0 Å². The second kappa shape index (κ2) is 7.61. The summed E-state index contributed by atoms with van der Waals surface area (Å²) in [6.45, 7) is 4.23. The number of phenols is 1. The highest BCUT2D eigenvalue weighted by atomic mass is 19.4. The predicted octanol–water partition coefficient (Wildman–Crippen LogP) is 4.53. The fourth-order valence-corrected chi connectivity index (χ4v) is 3.50. The van der Waals surface area contributed by atoms with E-state index in [-0.39, 0.29) is 34.8 Å². The zero-order valence-corrected chi connectivity index (χ0v) is 17.2. The predicted molar refractivity (Wildman–Crippen MR) is 105 cm³/mol.